The van der Waals surface area contributed by atoms with Crippen molar-refractivity contribution in [2.24, 2.45) is 0 Å². The number of alkyl halides is 2. The van der Waals surface area contributed by atoms with Gasteiger partial charge >= 0.3 is 0 Å². The predicted octanol–water partition coefficient (Wildman–Crippen LogP) is 2.57. The number of halogens is 2. The Hall–Kier alpha value is -1.23. The van der Waals surface area contributed by atoms with Gasteiger partial charge in [0.15, 0.2) is 0 Å². The third-order valence-electron chi connectivity index (χ3n) is 3.29. The van der Waals surface area contributed by atoms with E-state index in [0.717, 1.165) is 25.2 Å². The normalized spacial score (nSPS) is 21.2. The van der Waals surface area contributed by atoms with E-state index in [2.05, 4.69) is 22.2 Å². The summed E-state index contributed by atoms with van der Waals surface area (Å²) < 4.78 is 24.1. The molecule has 3 nitrogen and oxygen atoms in total. The highest BCUT2D eigenvalue weighted by Crippen LogP contribution is 2.25. The number of hydrogen-bond donors (Lipinski definition) is 1. The minimum Gasteiger partial charge on any atom is -0.378 e. The van der Waals surface area contributed by atoms with Crippen LogP contribution in [0.4, 0.5) is 14.5 Å². The van der Waals surface area contributed by atoms with Gasteiger partial charge in [0.1, 0.15) is 0 Å². The van der Waals surface area contributed by atoms with Gasteiger partial charge in [0.25, 0.3) is 6.43 Å². The molecule has 2 rings (SSSR count). The first-order valence-corrected chi connectivity index (χ1v) is 6.31. The lowest BCUT2D eigenvalue weighted by Crippen LogP contribution is -2.31. The highest BCUT2D eigenvalue weighted by Gasteiger charge is 2.19. The number of likely N-dealkylation sites (N-methyl/N-ethyl adjacent to an activating group) is 1. The zero-order valence-electron chi connectivity index (χ0n) is 10.6. The summed E-state index contributed by atoms with van der Waals surface area (Å²) in [6, 6.07) is 3.77. The Morgan fingerprint density at radius 3 is 2.94 bits per heavy atom. The molecule has 1 fully saturated rings. The van der Waals surface area contributed by atoms with Gasteiger partial charge in [-0.3, -0.25) is 4.98 Å². The summed E-state index contributed by atoms with van der Waals surface area (Å²) in [5.74, 6) is 0.466. The molecule has 1 N–H and O–H groups in total. The third-order valence-corrected chi connectivity index (χ3v) is 3.29. The maximum atomic E-state index is 12.0. The van der Waals surface area contributed by atoms with Gasteiger partial charge in [-0.2, -0.15) is 0 Å². The number of hydrogen-bond acceptors (Lipinski definition) is 3. The van der Waals surface area contributed by atoms with Gasteiger partial charge in [0.2, 0.25) is 0 Å². The van der Waals surface area contributed by atoms with Crippen molar-refractivity contribution in [3.05, 3.63) is 24.0 Å². The quantitative estimate of drug-likeness (QED) is 0.896. The van der Waals surface area contributed by atoms with E-state index in [9.17, 15) is 8.78 Å². The fourth-order valence-corrected chi connectivity index (χ4v) is 2.35. The van der Waals surface area contributed by atoms with Gasteiger partial charge in [-0.05, 0) is 38.6 Å². The minimum absolute atomic E-state index is 0.326. The van der Waals surface area contributed by atoms with Gasteiger partial charge in [0, 0.05) is 18.2 Å². The van der Waals surface area contributed by atoms with Crippen molar-refractivity contribution in [3.63, 3.8) is 0 Å². The van der Waals surface area contributed by atoms with Crippen molar-refractivity contribution in [3.8, 4) is 0 Å². The van der Waals surface area contributed by atoms with Crippen molar-refractivity contribution in [2.75, 3.05) is 32.0 Å². The van der Waals surface area contributed by atoms with Crippen LogP contribution in [0.5, 0.6) is 0 Å². The van der Waals surface area contributed by atoms with Crippen LogP contribution in [0.1, 0.15) is 24.5 Å². The second-order valence-corrected chi connectivity index (χ2v) is 4.85. The summed E-state index contributed by atoms with van der Waals surface area (Å²) in [5, 5.41) is 2.66. The zero-order valence-corrected chi connectivity index (χ0v) is 10.6. The number of anilines is 1. The van der Waals surface area contributed by atoms with E-state index in [0.29, 0.717) is 11.6 Å². The van der Waals surface area contributed by atoms with Gasteiger partial charge in [0.05, 0.1) is 18.4 Å². The Balaban J connectivity index is 1.94. The van der Waals surface area contributed by atoms with Crippen LogP contribution in [0.15, 0.2) is 18.3 Å². The Morgan fingerprint density at radius 2 is 2.33 bits per heavy atom. The predicted molar refractivity (Wildman–Crippen MR) is 68.2 cm³/mol. The monoisotopic (exact) mass is 255 g/mol. The Morgan fingerprint density at radius 1 is 1.50 bits per heavy atom. The van der Waals surface area contributed by atoms with E-state index in [1.807, 2.05) is 12.1 Å². The van der Waals surface area contributed by atoms with Crippen LogP contribution in [0.25, 0.3) is 0 Å². The molecule has 1 atom stereocenters. The fourth-order valence-electron chi connectivity index (χ4n) is 2.35. The van der Waals surface area contributed by atoms with Gasteiger partial charge in [-0.15, -0.1) is 0 Å². The van der Waals surface area contributed by atoms with Gasteiger partial charge < -0.3 is 10.2 Å². The van der Waals surface area contributed by atoms with E-state index < -0.39 is 6.43 Å². The van der Waals surface area contributed by atoms with Crippen LogP contribution in [-0.4, -0.2) is 43.0 Å². The summed E-state index contributed by atoms with van der Waals surface area (Å²) in [4.78, 5) is 6.69. The highest BCUT2D eigenvalue weighted by molar-refractivity contribution is 5.41. The average Bonchev–Trinajstić information content (AvgIpc) is 2.37. The molecule has 0 saturated carbocycles. The van der Waals surface area contributed by atoms with Crippen LogP contribution in [0.2, 0.25) is 0 Å². The van der Waals surface area contributed by atoms with Crippen LogP contribution < -0.4 is 5.32 Å². The summed E-state index contributed by atoms with van der Waals surface area (Å²) in [6.45, 7) is 1.84. The molecule has 1 saturated heterocycles. The maximum Gasteiger partial charge on any atom is 0.255 e. The molecule has 1 aromatic rings. The molecule has 0 aromatic carbocycles. The Labute approximate surface area is 106 Å². The number of piperidine rings is 1. The molecule has 2 heterocycles. The summed E-state index contributed by atoms with van der Waals surface area (Å²) in [5.41, 5.74) is 1.72. The Bertz CT molecular complexity index is 367. The molecule has 0 aliphatic carbocycles. The molecule has 0 spiro atoms. The van der Waals surface area contributed by atoms with Crippen molar-refractivity contribution in [1.29, 1.82) is 0 Å². The fraction of sp³-hybridized carbons (Fsp3) is 0.615. The van der Waals surface area contributed by atoms with Crippen LogP contribution >= 0.6 is 0 Å². The molecule has 0 bridgehead atoms. The van der Waals surface area contributed by atoms with Crippen LogP contribution in [0, 0.1) is 0 Å². The standard InChI is InChI=1S/C13H19F2N3/c1-18-6-2-3-10(9-18)12-5-4-11(7-17-12)16-8-13(14)15/h4-5,7,10,13,16H,2-3,6,8-9H2,1H3. The second kappa shape index (κ2) is 6.09. The molecule has 1 unspecified atom stereocenters. The first kappa shape index (κ1) is 13.2. The Kier molecular flexibility index (Phi) is 4.47. The number of aromatic nitrogens is 1. The van der Waals surface area contributed by atoms with Crippen LogP contribution in [0.3, 0.4) is 0 Å². The topological polar surface area (TPSA) is 28.2 Å². The molecular formula is C13H19F2N3. The lowest BCUT2D eigenvalue weighted by molar-refractivity contribution is 0.163. The minimum atomic E-state index is -2.34. The van der Waals surface area contributed by atoms with E-state index in [1.54, 1.807) is 6.20 Å². The molecule has 0 amide bonds. The number of rotatable bonds is 4. The van der Waals surface area contributed by atoms with Crippen molar-refractivity contribution >= 4 is 5.69 Å². The van der Waals surface area contributed by atoms with Gasteiger partial charge in [-0.25, -0.2) is 8.78 Å². The van der Waals surface area contributed by atoms with Gasteiger partial charge in [-0.1, -0.05) is 0 Å². The molecule has 1 aliphatic rings. The van der Waals surface area contributed by atoms with E-state index in [4.69, 9.17) is 0 Å². The first-order valence-electron chi connectivity index (χ1n) is 6.31. The smallest absolute Gasteiger partial charge is 0.255 e. The lowest BCUT2D eigenvalue weighted by Gasteiger charge is -2.29. The summed E-state index contributed by atoms with van der Waals surface area (Å²) in [7, 11) is 2.12. The first-order chi connectivity index (χ1) is 8.65. The number of pyridine rings is 1. The van der Waals surface area contributed by atoms with Crippen molar-refractivity contribution in [2.45, 2.75) is 25.2 Å². The second-order valence-electron chi connectivity index (χ2n) is 4.85. The van der Waals surface area contributed by atoms with E-state index in [-0.39, 0.29) is 6.54 Å². The lowest BCUT2D eigenvalue weighted by atomic mass is 9.94. The third kappa shape index (κ3) is 3.63. The van der Waals surface area contributed by atoms with Crippen LogP contribution in [-0.2, 0) is 0 Å². The SMILES string of the molecule is CN1CCCC(c2ccc(NCC(F)F)cn2)C1. The molecular weight excluding hydrogens is 236 g/mol. The summed E-state index contributed by atoms with van der Waals surface area (Å²) in [6.07, 6.45) is 1.65. The number of nitrogens with one attached hydrogen (secondary N) is 1. The molecule has 1 aromatic heterocycles. The summed E-state index contributed by atoms with van der Waals surface area (Å²) >= 11 is 0. The molecule has 18 heavy (non-hydrogen) atoms. The molecule has 1 aliphatic heterocycles. The molecule has 100 valence electrons. The average molecular weight is 255 g/mol. The van der Waals surface area contributed by atoms with E-state index >= 15 is 0 Å². The zero-order chi connectivity index (χ0) is 13.0. The number of nitrogens with zero attached hydrogens (tertiary/aromatic N) is 2. The maximum absolute atomic E-state index is 12.0. The molecule has 5 heteroatoms. The number of likely N-dealkylation sites (tertiary alicyclic amines) is 1. The van der Waals surface area contributed by atoms with E-state index in [1.165, 1.54) is 6.42 Å². The molecule has 0 radical (unpaired) electrons. The highest BCUT2D eigenvalue weighted by atomic mass is 19.3. The largest absolute Gasteiger partial charge is 0.378 e. The van der Waals surface area contributed by atoms with Crippen molar-refractivity contribution < 1.29 is 8.78 Å². The van der Waals surface area contributed by atoms with Crippen molar-refractivity contribution in [1.82, 2.24) is 9.88 Å².